The van der Waals surface area contributed by atoms with Crippen LogP contribution in [-0.4, -0.2) is 45.4 Å². The SMILES string of the molecule is Cc1cc(S(=O)(=O)Nc2ccc(C(=O)Nc3ccccc3NC3CCN(C)CC3)cc2)ccc1F. The Bertz CT molecular complexity index is 1300. The first-order valence-corrected chi connectivity index (χ1v) is 12.9. The molecule has 0 spiro atoms. The molecule has 0 radical (unpaired) electrons. The van der Waals surface area contributed by atoms with Crippen LogP contribution < -0.4 is 15.4 Å². The van der Waals surface area contributed by atoms with Crippen LogP contribution in [0.2, 0.25) is 0 Å². The smallest absolute Gasteiger partial charge is 0.261 e. The number of piperidine rings is 1. The molecular weight excluding hydrogens is 467 g/mol. The monoisotopic (exact) mass is 496 g/mol. The van der Waals surface area contributed by atoms with E-state index in [1.165, 1.54) is 31.2 Å². The molecule has 0 atom stereocenters. The van der Waals surface area contributed by atoms with Crippen molar-refractivity contribution in [2.24, 2.45) is 0 Å². The van der Waals surface area contributed by atoms with Crippen LogP contribution in [0.1, 0.15) is 28.8 Å². The summed E-state index contributed by atoms with van der Waals surface area (Å²) < 4.78 is 41.2. The van der Waals surface area contributed by atoms with Gasteiger partial charge in [-0.3, -0.25) is 9.52 Å². The van der Waals surface area contributed by atoms with E-state index < -0.39 is 15.8 Å². The van der Waals surface area contributed by atoms with E-state index in [9.17, 15) is 17.6 Å². The maximum absolute atomic E-state index is 13.5. The van der Waals surface area contributed by atoms with Gasteiger partial charge in [-0.2, -0.15) is 0 Å². The van der Waals surface area contributed by atoms with Crippen LogP contribution in [0.25, 0.3) is 0 Å². The molecule has 0 saturated carbocycles. The largest absolute Gasteiger partial charge is 0.381 e. The fourth-order valence-electron chi connectivity index (χ4n) is 3.97. The highest BCUT2D eigenvalue weighted by Gasteiger charge is 2.19. The molecule has 184 valence electrons. The Kier molecular flexibility index (Phi) is 7.37. The predicted molar refractivity (Wildman–Crippen MR) is 137 cm³/mol. The molecule has 4 rings (SSSR count). The zero-order valence-electron chi connectivity index (χ0n) is 19.7. The van der Waals surface area contributed by atoms with Crippen molar-refractivity contribution in [3.05, 3.63) is 83.7 Å². The Balaban J connectivity index is 1.42. The first kappa shape index (κ1) is 24.7. The van der Waals surface area contributed by atoms with E-state index in [1.54, 1.807) is 12.1 Å². The van der Waals surface area contributed by atoms with Crippen molar-refractivity contribution in [2.45, 2.75) is 30.7 Å². The minimum atomic E-state index is -3.89. The fraction of sp³-hybridized carbons (Fsp3) is 0.269. The molecule has 3 aromatic carbocycles. The van der Waals surface area contributed by atoms with Crippen LogP contribution in [0.15, 0.2) is 71.6 Å². The molecule has 0 aromatic heterocycles. The van der Waals surface area contributed by atoms with Crippen molar-refractivity contribution >= 4 is 33.0 Å². The van der Waals surface area contributed by atoms with Crippen LogP contribution in [0.4, 0.5) is 21.5 Å². The first-order valence-electron chi connectivity index (χ1n) is 11.5. The average molecular weight is 497 g/mol. The van der Waals surface area contributed by atoms with Crippen molar-refractivity contribution in [3.8, 4) is 0 Å². The Labute approximate surface area is 205 Å². The molecule has 3 aromatic rings. The molecule has 1 saturated heterocycles. The van der Waals surface area contributed by atoms with Crippen LogP contribution in [0.3, 0.4) is 0 Å². The van der Waals surface area contributed by atoms with Gasteiger partial charge < -0.3 is 15.5 Å². The number of nitrogens with one attached hydrogen (secondary N) is 3. The van der Waals surface area contributed by atoms with Crippen molar-refractivity contribution in [1.29, 1.82) is 0 Å². The van der Waals surface area contributed by atoms with Gasteiger partial charge in [0.15, 0.2) is 0 Å². The zero-order chi connectivity index (χ0) is 25.0. The van der Waals surface area contributed by atoms with E-state index in [1.807, 2.05) is 24.3 Å². The predicted octanol–water partition coefficient (Wildman–Crippen LogP) is 4.69. The normalized spacial score (nSPS) is 14.9. The van der Waals surface area contributed by atoms with Crippen molar-refractivity contribution in [2.75, 3.05) is 35.5 Å². The first-order chi connectivity index (χ1) is 16.7. The number of aryl methyl sites for hydroxylation is 1. The highest BCUT2D eigenvalue weighted by molar-refractivity contribution is 7.92. The van der Waals surface area contributed by atoms with E-state index in [0.29, 0.717) is 23.0 Å². The molecule has 1 aliphatic heterocycles. The molecule has 9 heteroatoms. The average Bonchev–Trinajstić information content (AvgIpc) is 2.83. The number of hydrogen-bond acceptors (Lipinski definition) is 5. The maximum Gasteiger partial charge on any atom is 0.261 e. The minimum Gasteiger partial charge on any atom is -0.381 e. The number of likely N-dealkylation sites (tertiary alicyclic amines) is 1. The van der Waals surface area contributed by atoms with Crippen LogP contribution in [-0.2, 0) is 10.0 Å². The highest BCUT2D eigenvalue weighted by Crippen LogP contribution is 2.25. The fourth-order valence-corrected chi connectivity index (χ4v) is 5.12. The Morgan fingerprint density at radius 3 is 2.29 bits per heavy atom. The lowest BCUT2D eigenvalue weighted by Crippen LogP contribution is -2.36. The second kappa shape index (κ2) is 10.5. The summed E-state index contributed by atoms with van der Waals surface area (Å²) in [5, 5.41) is 6.49. The number of benzene rings is 3. The van der Waals surface area contributed by atoms with Crippen molar-refractivity contribution in [3.63, 3.8) is 0 Å². The second-order valence-electron chi connectivity index (χ2n) is 8.82. The summed E-state index contributed by atoms with van der Waals surface area (Å²) in [7, 11) is -1.77. The molecule has 0 bridgehead atoms. The number of para-hydroxylation sites is 2. The lowest BCUT2D eigenvalue weighted by molar-refractivity contribution is 0.102. The Hall–Kier alpha value is -3.43. The van der Waals surface area contributed by atoms with Gasteiger partial charge in [0.1, 0.15) is 5.82 Å². The molecule has 3 N–H and O–H groups in total. The number of nitrogens with zero attached hydrogens (tertiary/aromatic N) is 1. The number of sulfonamides is 1. The topological polar surface area (TPSA) is 90.5 Å². The van der Waals surface area contributed by atoms with Crippen molar-refractivity contribution < 1.29 is 17.6 Å². The molecule has 0 aliphatic carbocycles. The number of anilines is 3. The molecule has 0 unspecified atom stereocenters. The molecule has 1 heterocycles. The summed E-state index contributed by atoms with van der Waals surface area (Å²) in [6.07, 6.45) is 2.07. The summed E-state index contributed by atoms with van der Waals surface area (Å²) in [6.45, 7) is 3.56. The number of rotatable bonds is 7. The van der Waals surface area contributed by atoms with E-state index in [0.717, 1.165) is 37.7 Å². The number of hydrogen-bond donors (Lipinski definition) is 3. The zero-order valence-corrected chi connectivity index (χ0v) is 20.5. The summed E-state index contributed by atoms with van der Waals surface area (Å²) >= 11 is 0. The third-order valence-corrected chi connectivity index (χ3v) is 7.47. The quantitative estimate of drug-likeness (QED) is 0.441. The van der Waals surface area contributed by atoms with Gasteiger partial charge in [0, 0.05) is 17.3 Å². The summed E-state index contributed by atoms with van der Waals surface area (Å²) in [5.41, 5.74) is 2.49. The van der Waals surface area contributed by atoms with Gasteiger partial charge >= 0.3 is 0 Å². The van der Waals surface area contributed by atoms with E-state index >= 15 is 0 Å². The van der Waals surface area contributed by atoms with Crippen LogP contribution >= 0.6 is 0 Å². The van der Waals surface area contributed by atoms with Gasteiger partial charge in [-0.25, -0.2) is 12.8 Å². The lowest BCUT2D eigenvalue weighted by atomic mass is 10.0. The number of carbonyl (C=O) groups excluding carboxylic acids is 1. The second-order valence-corrected chi connectivity index (χ2v) is 10.5. The molecule has 1 fully saturated rings. The number of amides is 1. The number of carbonyl (C=O) groups is 1. The summed E-state index contributed by atoms with van der Waals surface area (Å²) in [6, 6.07) is 17.7. The van der Waals surface area contributed by atoms with E-state index in [4.69, 9.17) is 0 Å². The standard InChI is InChI=1S/C26H29FN4O3S/c1-18-17-22(11-12-23(18)27)35(33,34)30-21-9-7-19(8-10-21)26(32)29-25-6-4-3-5-24(25)28-20-13-15-31(2)16-14-20/h3-12,17,20,28,30H,13-16H2,1-2H3,(H,29,32). The molecule has 1 amide bonds. The van der Waals surface area contributed by atoms with E-state index in [-0.39, 0.29) is 16.4 Å². The van der Waals surface area contributed by atoms with Gasteiger partial charge in [-0.1, -0.05) is 12.1 Å². The maximum atomic E-state index is 13.5. The lowest BCUT2D eigenvalue weighted by Gasteiger charge is -2.30. The highest BCUT2D eigenvalue weighted by atomic mass is 32.2. The van der Waals surface area contributed by atoms with Gasteiger partial charge in [0.05, 0.1) is 16.3 Å². The van der Waals surface area contributed by atoms with Crippen LogP contribution in [0, 0.1) is 12.7 Å². The third kappa shape index (κ3) is 6.17. The van der Waals surface area contributed by atoms with Crippen molar-refractivity contribution in [1.82, 2.24) is 4.90 Å². The summed E-state index contributed by atoms with van der Waals surface area (Å²) in [4.78, 5) is 15.1. The molecule has 35 heavy (non-hydrogen) atoms. The minimum absolute atomic E-state index is 0.0352. The van der Waals surface area contributed by atoms with Gasteiger partial charge in [0.25, 0.3) is 15.9 Å². The van der Waals surface area contributed by atoms with Gasteiger partial charge in [-0.05, 0) is 100 Å². The van der Waals surface area contributed by atoms with Crippen LogP contribution in [0.5, 0.6) is 0 Å². The van der Waals surface area contributed by atoms with E-state index in [2.05, 4.69) is 27.3 Å². The Morgan fingerprint density at radius 1 is 0.971 bits per heavy atom. The summed E-state index contributed by atoms with van der Waals surface area (Å²) in [5.74, 6) is -0.770. The third-order valence-electron chi connectivity index (χ3n) is 6.09. The Morgan fingerprint density at radius 2 is 1.63 bits per heavy atom. The molecule has 7 nitrogen and oxygen atoms in total. The van der Waals surface area contributed by atoms with Gasteiger partial charge in [-0.15, -0.1) is 0 Å². The molecule has 1 aliphatic rings. The van der Waals surface area contributed by atoms with Gasteiger partial charge in [0.2, 0.25) is 0 Å². The number of halogens is 1. The molecular formula is C26H29FN4O3S.